The van der Waals surface area contributed by atoms with Crippen LogP contribution in [0.5, 0.6) is 0 Å². The third-order valence-electron chi connectivity index (χ3n) is 4.16. The van der Waals surface area contributed by atoms with Crippen molar-refractivity contribution in [2.24, 2.45) is 0 Å². The summed E-state index contributed by atoms with van der Waals surface area (Å²) in [5, 5.41) is 8.03. The highest BCUT2D eigenvalue weighted by Crippen LogP contribution is 2.20. The van der Waals surface area contributed by atoms with Gasteiger partial charge in [0.1, 0.15) is 5.69 Å². The quantitative estimate of drug-likeness (QED) is 0.932. The molecule has 6 nitrogen and oxygen atoms in total. The zero-order chi connectivity index (χ0) is 16.6. The van der Waals surface area contributed by atoms with Gasteiger partial charge in [0.15, 0.2) is 5.82 Å². The summed E-state index contributed by atoms with van der Waals surface area (Å²) in [7, 11) is 1.80. The van der Waals surface area contributed by atoms with Crippen LogP contribution in [-0.2, 0) is 0 Å². The second-order valence-electron chi connectivity index (χ2n) is 5.90. The molecule has 1 fully saturated rings. The molecule has 1 aliphatic heterocycles. The van der Waals surface area contributed by atoms with Crippen LogP contribution in [0.25, 0.3) is 5.82 Å². The second kappa shape index (κ2) is 6.29. The number of pyridine rings is 1. The number of amides is 1. The normalized spacial score (nSPS) is 17.5. The lowest BCUT2D eigenvalue weighted by atomic mass is 10.2. The van der Waals surface area contributed by atoms with E-state index in [0.717, 1.165) is 30.9 Å². The maximum absolute atomic E-state index is 12.7. The Labute approximate surface area is 140 Å². The van der Waals surface area contributed by atoms with Crippen LogP contribution in [-0.4, -0.2) is 51.8 Å². The van der Waals surface area contributed by atoms with E-state index in [4.69, 9.17) is 11.6 Å². The Kier molecular flexibility index (Phi) is 4.37. The molecular formula is C16H20ClN5O. The van der Waals surface area contributed by atoms with Gasteiger partial charge in [-0.1, -0.05) is 11.6 Å². The number of nitrogens with zero attached hydrogens (tertiary/aromatic N) is 4. The highest BCUT2D eigenvalue weighted by atomic mass is 35.5. The number of rotatable bonds is 3. The molecule has 3 rings (SSSR count). The fraction of sp³-hybridized carbons (Fsp3) is 0.438. The van der Waals surface area contributed by atoms with Crippen molar-refractivity contribution in [3.63, 3.8) is 0 Å². The minimum Gasteiger partial charge on any atom is -0.336 e. The average Bonchev–Trinajstić information content (AvgIpc) is 3.16. The van der Waals surface area contributed by atoms with Crippen molar-refractivity contribution in [2.75, 3.05) is 20.1 Å². The average molecular weight is 334 g/mol. The van der Waals surface area contributed by atoms with Crippen LogP contribution in [0, 0.1) is 13.8 Å². The van der Waals surface area contributed by atoms with E-state index in [1.54, 1.807) is 28.8 Å². The zero-order valence-electron chi connectivity index (χ0n) is 13.5. The van der Waals surface area contributed by atoms with Crippen LogP contribution in [0.2, 0.25) is 5.02 Å². The number of nitrogens with one attached hydrogen (secondary N) is 1. The topological polar surface area (TPSA) is 63.1 Å². The molecule has 0 spiro atoms. The van der Waals surface area contributed by atoms with Crippen LogP contribution in [0.15, 0.2) is 18.2 Å². The van der Waals surface area contributed by atoms with Crippen molar-refractivity contribution in [3.8, 4) is 5.82 Å². The first-order valence-electron chi connectivity index (χ1n) is 7.65. The molecule has 2 aromatic heterocycles. The molecule has 122 valence electrons. The van der Waals surface area contributed by atoms with Gasteiger partial charge >= 0.3 is 0 Å². The maximum Gasteiger partial charge on any atom is 0.274 e. The van der Waals surface area contributed by atoms with Crippen LogP contribution in [0.4, 0.5) is 0 Å². The number of aryl methyl sites for hydroxylation is 2. The highest BCUT2D eigenvalue weighted by Gasteiger charge is 2.26. The van der Waals surface area contributed by atoms with Crippen molar-refractivity contribution >= 4 is 17.5 Å². The number of carbonyl (C=O) groups is 1. The molecule has 2 aromatic rings. The summed E-state index contributed by atoms with van der Waals surface area (Å²) in [6.45, 7) is 5.60. The van der Waals surface area contributed by atoms with E-state index in [9.17, 15) is 4.79 Å². The summed E-state index contributed by atoms with van der Waals surface area (Å²) in [5.41, 5.74) is 2.14. The van der Waals surface area contributed by atoms with Gasteiger partial charge in [0.2, 0.25) is 0 Å². The van der Waals surface area contributed by atoms with E-state index >= 15 is 0 Å². The molecule has 0 unspecified atom stereocenters. The molecule has 3 heterocycles. The molecule has 7 heteroatoms. The minimum absolute atomic E-state index is 0.160. The van der Waals surface area contributed by atoms with Crippen molar-refractivity contribution in [1.29, 1.82) is 0 Å². The smallest absolute Gasteiger partial charge is 0.274 e. The van der Waals surface area contributed by atoms with Gasteiger partial charge < -0.3 is 10.2 Å². The Morgan fingerprint density at radius 3 is 2.83 bits per heavy atom. The minimum atomic E-state index is -0.160. The molecule has 0 bridgehead atoms. The number of carbonyl (C=O) groups excluding carboxylic acids is 1. The fourth-order valence-corrected chi connectivity index (χ4v) is 3.05. The summed E-state index contributed by atoms with van der Waals surface area (Å²) < 4.78 is 1.72. The van der Waals surface area contributed by atoms with Crippen molar-refractivity contribution in [3.05, 3.63) is 40.3 Å². The summed E-state index contributed by atoms with van der Waals surface area (Å²) in [6, 6.07) is 5.62. The lowest BCUT2D eigenvalue weighted by Gasteiger charge is -2.23. The van der Waals surface area contributed by atoms with Crippen LogP contribution >= 0.6 is 11.6 Å². The zero-order valence-corrected chi connectivity index (χ0v) is 14.3. The first-order valence-corrected chi connectivity index (χ1v) is 8.03. The SMILES string of the molecule is Cc1cc(C)n(-c2ccc(Cl)c(C(=O)N(C)[C@H]3CCNC3)n2)n1. The predicted octanol–water partition coefficient (Wildman–Crippen LogP) is 1.97. The monoisotopic (exact) mass is 333 g/mol. The van der Waals surface area contributed by atoms with Gasteiger partial charge in [0.05, 0.1) is 10.7 Å². The van der Waals surface area contributed by atoms with Gasteiger partial charge in [-0.05, 0) is 45.0 Å². The third-order valence-corrected chi connectivity index (χ3v) is 4.47. The summed E-state index contributed by atoms with van der Waals surface area (Å²) in [4.78, 5) is 18.9. The Bertz CT molecular complexity index is 736. The lowest BCUT2D eigenvalue weighted by Crippen LogP contribution is -2.39. The van der Waals surface area contributed by atoms with Gasteiger partial charge in [-0.2, -0.15) is 5.10 Å². The molecule has 0 saturated carbocycles. The van der Waals surface area contributed by atoms with Crippen molar-refractivity contribution < 1.29 is 4.79 Å². The molecule has 1 atom stereocenters. The fourth-order valence-electron chi connectivity index (χ4n) is 2.86. The molecule has 1 amide bonds. The van der Waals surface area contributed by atoms with Crippen LogP contribution in [0.3, 0.4) is 0 Å². The van der Waals surface area contributed by atoms with Crippen molar-refractivity contribution in [1.82, 2.24) is 25.0 Å². The number of hydrogen-bond acceptors (Lipinski definition) is 4. The van der Waals surface area contributed by atoms with E-state index in [2.05, 4.69) is 15.4 Å². The lowest BCUT2D eigenvalue weighted by molar-refractivity contribution is 0.0738. The van der Waals surface area contributed by atoms with Gasteiger partial charge in [0.25, 0.3) is 5.91 Å². The van der Waals surface area contributed by atoms with Crippen LogP contribution < -0.4 is 5.32 Å². The third kappa shape index (κ3) is 3.09. The first-order chi connectivity index (χ1) is 11.0. The molecule has 1 aliphatic rings. The highest BCUT2D eigenvalue weighted by molar-refractivity contribution is 6.33. The van der Waals surface area contributed by atoms with E-state index in [-0.39, 0.29) is 17.6 Å². The number of hydrogen-bond donors (Lipinski definition) is 1. The Balaban J connectivity index is 1.94. The van der Waals surface area contributed by atoms with Crippen molar-refractivity contribution in [2.45, 2.75) is 26.3 Å². The first kappa shape index (κ1) is 16.0. The molecule has 0 aliphatic carbocycles. The van der Waals surface area contributed by atoms with E-state index < -0.39 is 0 Å². The summed E-state index contributed by atoms with van der Waals surface area (Å²) in [6.07, 6.45) is 0.941. The van der Waals surface area contributed by atoms with Gasteiger partial charge in [-0.3, -0.25) is 4.79 Å². The molecule has 1 N–H and O–H groups in total. The van der Waals surface area contributed by atoms with Crippen LogP contribution in [0.1, 0.15) is 28.3 Å². The number of likely N-dealkylation sites (N-methyl/N-ethyl adjacent to an activating group) is 1. The molecule has 23 heavy (non-hydrogen) atoms. The predicted molar refractivity (Wildman–Crippen MR) is 89.2 cm³/mol. The summed E-state index contributed by atoms with van der Waals surface area (Å²) in [5.74, 6) is 0.438. The Morgan fingerprint density at radius 2 is 2.22 bits per heavy atom. The van der Waals surface area contributed by atoms with E-state index in [1.807, 2.05) is 19.9 Å². The largest absolute Gasteiger partial charge is 0.336 e. The van der Waals surface area contributed by atoms with Gasteiger partial charge in [-0.15, -0.1) is 0 Å². The van der Waals surface area contributed by atoms with Gasteiger partial charge in [0, 0.05) is 25.3 Å². The maximum atomic E-state index is 12.7. The molecule has 1 saturated heterocycles. The molecular weight excluding hydrogens is 314 g/mol. The Morgan fingerprint density at radius 1 is 1.43 bits per heavy atom. The number of aromatic nitrogens is 3. The van der Waals surface area contributed by atoms with E-state index in [0.29, 0.717) is 10.8 Å². The van der Waals surface area contributed by atoms with Gasteiger partial charge in [-0.25, -0.2) is 9.67 Å². The Hall–Kier alpha value is -1.92. The molecule has 0 aromatic carbocycles. The number of halogens is 1. The standard InChI is InChI=1S/C16H20ClN5O/c1-10-8-11(2)22(20-10)14-5-4-13(17)15(19-14)16(23)21(3)12-6-7-18-9-12/h4-5,8,12,18H,6-7,9H2,1-3H3/t12-/m0/s1. The second-order valence-corrected chi connectivity index (χ2v) is 6.31. The van der Waals surface area contributed by atoms with E-state index in [1.165, 1.54) is 0 Å². The molecule has 0 radical (unpaired) electrons. The summed E-state index contributed by atoms with van der Waals surface area (Å²) >= 11 is 6.22.